The van der Waals surface area contributed by atoms with Crippen LogP contribution in [0.2, 0.25) is 0 Å². The summed E-state index contributed by atoms with van der Waals surface area (Å²) in [4.78, 5) is 15.1. The first-order valence-electron chi connectivity index (χ1n) is 5.11. The Labute approximate surface area is 96.4 Å². The van der Waals surface area contributed by atoms with Crippen molar-refractivity contribution in [1.82, 2.24) is 9.55 Å². The van der Waals surface area contributed by atoms with Gasteiger partial charge in [0.25, 0.3) is 0 Å². The molecule has 8 nitrogen and oxygen atoms in total. The lowest BCUT2D eigenvalue weighted by molar-refractivity contribution is -0.0528. The molecule has 8 heteroatoms. The van der Waals surface area contributed by atoms with Crippen LogP contribution in [-0.4, -0.2) is 38.6 Å². The molecule has 3 atom stereocenters. The van der Waals surface area contributed by atoms with E-state index in [4.69, 9.17) is 21.3 Å². The van der Waals surface area contributed by atoms with E-state index in [1.807, 2.05) is 0 Å². The van der Waals surface area contributed by atoms with Crippen LogP contribution in [0.15, 0.2) is 11.0 Å². The van der Waals surface area contributed by atoms with Crippen LogP contribution in [0.4, 0.5) is 11.5 Å². The summed E-state index contributed by atoms with van der Waals surface area (Å²) in [7, 11) is 0. The van der Waals surface area contributed by atoms with Gasteiger partial charge in [-0.2, -0.15) is 4.98 Å². The first-order valence-corrected chi connectivity index (χ1v) is 5.11. The van der Waals surface area contributed by atoms with Gasteiger partial charge in [-0.1, -0.05) is 0 Å². The number of aromatic nitrogens is 2. The Balaban J connectivity index is 2.35. The molecule has 6 N–H and O–H groups in total. The number of ether oxygens (including phenoxy) is 1. The van der Waals surface area contributed by atoms with Crippen LogP contribution in [0.5, 0.6) is 0 Å². The van der Waals surface area contributed by atoms with Crippen molar-refractivity contribution in [3.8, 4) is 0 Å². The summed E-state index contributed by atoms with van der Waals surface area (Å²) in [6.45, 7) is -0.222. The quantitative estimate of drug-likeness (QED) is 0.473. The van der Waals surface area contributed by atoms with Crippen molar-refractivity contribution in [2.45, 2.75) is 24.9 Å². The molecule has 0 radical (unpaired) electrons. The van der Waals surface area contributed by atoms with Crippen molar-refractivity contribution in [3.05, 3.63) is 16.7 Å². The van der Waals surface area contributed by atoms with Crippen molar-refractivity contribution >= 4 is 11.5 Å². The molecule has 94 valence electrons. The van der Waals surface area contributed by atoms with Gasteiger partial charge >= 0.3 is 5.69 Å². The van der Waals surface area contributed by atoms with E-state index >= 15 is 0 Å². The average Bonchev–Trinajstić information content (AvgIpc) is 2.65. The summed E-state index contributed by atoms with van der Waals surface area (Å²) in [5, 5.41) is 18.7. The molecule has 1 fully saturated rings. The molecule has 2 rings (SSSR count). The van der Waals surface area contributed by atoms with E-state index in [0.717, 1.165) is 4.57 Å². The smallest absolute Gasteiger partial charge is 0.351 e. The lowest BCUT2D eigenvalue weighted by Gasteiger charge is -2.17. The largest absolute Gasteiger partial charge is 0.395 e. The van der Waals surface area contributed by atoms with Crippen molar-refractivity contribution < 1.29 is 14.9 Å². The Morgan fingerprint density at radius 1 is 1.59 bits per heavy atom. The van der Waals surface area contributed by atoms with Gasteiger partial charge in [-0.15, -0.1) is 0 Å². The van der Waals surface area contributed by atoms with Crippen molar-refractivity contribution in [3.63, 3.8) is 0 Å². The Kier molecular flexibility index (Phi) is 3.01. The first-order chi connectivity index (χ1) is 8.02. The van der Waals surface area contributed by atoms with Gasteiger partial charge in [-0.25, -0.2) is 4.79 Å². The molecule has 1 saturated heterocycles. The van der Waals surface area contributed by atoms with E-state index in [9.17, 15) is 9.90 Å². The fourth-order valence-corrected chi connectivity index (χ4v) is 1.78. The number of nitrogens with zero attached hydrogens (tertiary/aromatic N) is 2. The molecule has 1 aliphatic rings. The van der Waals surface area contributed by atoms with Crippen LogP contribution < -0.4 is 17.2 Å². The molecule has 0 saturated carbocycles. The third-order valence-electron chi connectivity index (χ3n) is 2.65. The number of aliphatic hydroxyl groups excluding tert-OH is 2. The van der Waals surface area contributed by atoms with E-state index < -0.39 is 24.1 Å². The van der Waals surface area contributed by atoms with Crippen LogP contribution in [0.25, 0.3) is 0 Å². The highest BCUT2D eigenvalue weighted by molar-refractivity contribution is 5.55. The van der Waals surface area contributed by atoms with E-state index in [-0.39, 0.29) is 24.5 Å². The molecule has 17 heavy (non-hydrogen) atoms. The average molecular weight is 242 g/mol. The van der Waals surface area contributed by atoms with Gasteiger partial charge in [0.1, 0.15) is 6.10 Å². The predicted octanol–water partition coefficient (Wildman–Crippen LogP) is -1.95. The van der Waals surface area contributed by atoms with Gasteiger partial charge in [0.05, 0.1) is 18.4 Å². The minimum atomic E-state index is -0.894. The number of rotatable bonds is 2. The third-order valence-corrected chi connectivity index (χ3v) is 2.65. The third kappa shape index (κ3) is 2.09. The lowest BCUT2D eigenvalue weighted by Crippen LogP contribution is -2.32. The standard InChI is InChI=1S/C9H14N4O4/c10-5-2-13(9(16)12-7(5)11)8-6(15)1-4(3-14)17-8/h2,4,6,8,14-15H,1,3,10H2,(H2,11,12,16)/t4-,6+,8+/m0/s1. The number of aliphatic hydroxyl groups is 2. The second kappa shape index (κ2) is 4.32. The second-order valence-corrected chi connectivity index (χ2v) is 3.91. The molecule has 0 unspecified atom stereocenters. The summed E-state index contributed by atoms with van der Waals surface area (Å²) in [6, 6.07) is 0. The van der Waals surface area contributed by atoms with E-state index in [1.165, 1.54) is 6.20 Å². The highest BCUT2D eigenvalue weighted by atomic mass is 16.5. The molecule has 0 amide bonds. The second-order valence-electron chi connectivity index (χ2n) is 3.91. The predicted molar refractivity (Wildman–Crippen MR) is 58.9 cm³/mol. The zero-order valence-corrected chi connectivity index (χ0v) is 8.98. The number of hydrogen-bond acceptors (Lipinski definition) is 7. The van der Waals surface area contributed by atoms with E-state index in [2.05, 4.69) is 4.98 Å². The van der Waals surface area contributed by atoms with Crippen molar-refractivity contribution in [2.24, 2.45) is 0 Å². The lowest BCUT2D eigenvalue weighted by atomic mass is 10.2. The maximum Gasteiger partial charge on any atom is 0.351 e. The van der Waals surface area contributed by atoms with Crippen LogP contribution in [0.3, 0.4) is 0 Å². The molecule has 0 aromatic carbocycles. The minimum absolute atomic E-state index is 0.0579. The molecule has 0 spiro atoms. The summed E-state index contributed by atoms with van der Waals surface area (Å²) < 4.78 is 6.39. The SMILES string of the molecule is Nc1cn([C@@H]2O[C@H](CO)C[C@H]2O)c(=O)nc1N. The van der Waals surface area contributed by atoms with Gasteiger partial charge in [-0.05, 0) is 0 Å². The van der Waals surface area contributed by atoms with Crippen LogP contribution in [0, 0.1) is 0 Å². The molecule has 1 aliphatic heterocycles. The Hall–Kier alpha value is -1.64. The summed E-state index contributed by atoms with van der Waals surface area (Å²) >= 11 is 0. The van der Waals surface area contributed by atoms with Crippen molar-refractivity contribution in [1.29, 1.82) is 0 Å². The molecule has 1 aromatic heterocycles. The molecule has 0 aliphatic carbocycles. The summed E-state index contributed by atoms with van der Waals surface area (Å²) in [5.74, 6) is -0.0579. The van der Waals surface area contributed by atoms with Gasteiger partial charge < -0.3 is 26.4 Å². The normalized spacial score (nSPS) is 28.5. The first kappa shape index (κ1) is 11.8. The highest BCUT2D eigenvalue weighted by Gasteiger charge is 2.35. The Morgan fingerprint density at radius 3 is 2.88 bits per heavy atom. The topological polar surface area (TPSA) is 137 Å². The zero-order chi connectivity index (χ0) is 12.6. The fourth-order valence-electron chi connectivity index (χ4n) is 1.78. The number of anilines is 2. The van der Waals surface area contributed by atoms with E-state index in [0.29, 0.717) is 0 Å². The van der Waals surface area contributed by atoms with Gasteiger partial charge in [0.15, 0.2) is 12.0 Å². The fraction of sp³-hybridized carbons (Fsp3) is 0.556. The number of nitrogens with two attached hydrogens (primary N) is 2. The maximum atomic E-state index is 11.6. The maximum absolute atomic E-state index is 11.6. The number of hydrogen-bond donors (Lipinski definition) is 4. The van der Waals surface area contributed by atoms with Crippen LogP contribution >= 0.6 is 0 Å². The molecule has 2 heterocycles. The van der Waals surface area contributed by atoms with E-state index in [1.54, 1.807) is 0 Å². The van der Waals surface area contributed by atoms with Gasteiger partial charge in [0, 0.05) is 12.6 Å². The van der Waals surface area contributed by atoms with Gasteiger partial charge in [-0.3, -0.25) is 4.57 Å². The Morgan fingerprint density at radius 2 is 2.29 bits per heavy atom. The Bertz CT molecular complexity index is 475. The minimum Gasteiger partial charge on any atom is -0.395 e. The molecule has 0 bridgehead atoms. The number of nitrogen functional groups attached to an aromatic ring is 2. The molecular formula is C9H14N4O4. The highest BCUT2D eigenvalue weighted by Crippen LogP contribution is 2.28. The monoisotopic (exact) mass is 242 g/mol. The molecular weight excluding hydrogens is 228 g/mol. The summed E-state index contributed by atoms with van der Waals surface area (Å²) in [5.41, 5.74) is 10.4. The zero-order valence-electron chi connectivity index (χ0n) is 8.98. The van der Waals surface area contributed by atoms with Crippen LogP contribution in [-0.2, 0) is 4.74 Å². The van der Waals surface area contributed by atoms with Crippen LogP contribution in [0.1, 0.15) is 12.6 Å². The molecule has 1 aromatic rings. The van der Waals surface area contributed by atoms with Gasteiger partial charge in [0.2, 0.25) is 0 Å². The van der Waals surface area contributed by atoms with Crippen molar-refractivity contribution in [2.75, 3.05) is 18.1 Å². The summed E-state index contributed by atoms with van der Waals surface area (Å²) in [6.07, 6.45) is -0.763.